The van der Waals surface area contributed by atoms with Crippen molar-refractivity contribution in [3.63, 3.8) is 0 Å². The fraction of sp³-hybridized carbons (Fsp3) is 0.270. The summed E-state index contributed by atoms with van der Waals surface area (Å²) < 4.78 is 166. The van der Waals surface area contributed by atoms with Gasteiger partial charge < -0.3 is 14.8 Å². The van der Waals surface area contributed by atoms with Gasteiger partial charge in [0.15, 0.2) is 0 Å². The lowest BCUT2D eigenvalue weighted by atomic mass is 10.1. The number of hydrogen-bond acceptors (Lipinski definition) is 21. The van der Waals surface area contributed by atoms with Crippen LogP contribution in [0.5, 0.6) is 11.5 Å². The highest BCUT2D eigenvalue weighted by Crippen LogP contribution is 2.31. The number of rotatable bonds is 23. The van der Waals surface area contributed by atoms with Crippen LogP contribution in [0.15, 0.2) is 116 Å². The zero-order valence-electron chi connectivity index (χ0n) is 34.5. The topological polar surface area (TPSA) is 387 Å². The van der Waals surface area contributed by atoms with Gasteiger partial charge in [0, 0.05) is 42.6 Å². The number of nitrogens with zero attached hydrogens (tertiary/aromatic N) is 7. The Morgan fingerprint density at radius 3 is 1.40 bits per heavy atom. The Hall–Kier alpha value is -6.25. The number of aromatic nitrogens is 3. The van der Waals surface area contributed by atoms with Crippen LogP contribution >= 0.6 is 0 Å². The van der Waals surface area contributed by atoms with Crippen molar-refractivity contribution in [2.45, 2.75) is 30.6 Å². The van der Waals surface area contributed by atoms with Gasteiger partial charge in [0.25, 0.3) is 40.5 Å². The first-order valence-corrected chi connectivity index (χ1v) is 26.2. The Balaban J connectivity index is 0.00000235. The van der Waals surface area contributed by atoms with Crippen LogP contribution in [-0.2, 0) is 63.9 Å². The first-order valence-electron chi connectivity index (χ1n) is 19.0. The van der Waals surface area contributed by atoms with Crippen molar-refractivity contribution in [3.8, 4) is 11.5 Å². The minimum absolute atomic E-state index is 0.0245. The molecule has 4 aromatic carbocycles. The summed E-state index contributed by atoms with van der Waals surface area (Å²) in [6, 6.07) is 23.4. The number of benzene rings is 4. The Morgan fingerprint density at radius 1 is 0.522 bits per heavy atom. The molecule has 0 fully saturated rings. The zero-order valence-corrected chi connectivity index (χ0v) is 38.6. The Morgan fingerprint density at radius 2 is 0.955 bits per heavy atom. The Kier molecular flexibility index (Phi) is 19.5. The minimum Gasteiger partial charge on any atom is -0.493 e. The molecule has 0 aliphatic heterocycles. The Bertz CT molecular complexity index is 3140. The highest BCUT2D eigenvalue weighted by atomic mass is 32.2. The molecular formula is C37H40N8O17S5. The van der Waals surface area contributed by atoms with E-state index < -0.39 is 73.2 Å². The summed E-state index contributed by atoms with van der Waals surface area (Å²) in [7, 11) is -20.6. The summed E-state index contributed by atoms with van der Waals surface area (Å²) >= 11 is 0. The van der Waals surface area contributed by atoms with E-state index in [1.165, 1.54) is 30.3 Å². The highest BCUT2D eigenvalue weighted by molar-refractivity contribution is 7.86. The van der Waals surface area contributed by atoms with Crippen molar-refractivity contribution in [1.29, 1.82) is 0 Å². The summed E-state index contributed by atoms with van der Waals surface area (Å²) in [5, 5.41) is 19.4. The quantitative estimate of drug-likeness (QED) is 0.0335. The van der Waals surface area contributed by atoms with E-state index in [4.69, 9.17) is 22.1 Å². The third-order valence-electron chi connectivity index (χ3n) is 8.21. The van der Waals surface area contributed by atoms with E-state index in [2.05, 4.69) is 40.7 Å². The molecule has 0 bridgehead atoms. The lowest BCUT2D eigenvalue weighted by Gasteiger charge is -2.14. The molecule has 30 heteroatoms. The van der Waals surface area contributed by atoms with Crippen molar-refractivity contribution >= 4 is 79.8 Å². The van der Waals surface area contributed by atoms with Crippen molar-refractivity contribution in [2.75, 3.05) is 42.3 Å². The van der Waals surface area contributed by atoms with Crippen molar-refractivity contribution in [3.05, 3.63) is 114 Å². The van der Waals surface area contributed by atoms with Gasteiger partial charge in [-0.3, -0.25) is 18.2 Å². The highest BCUT2D eigenvalue weighted by Gasteiger charge is 2.17. The van der Waals surface area contributed by atoms with Gasteiger partial charge in [-0.2, -0.15) is 64.1 Å². The molecule has 1 aromatic heterocycles. The van der Waals surface area contributed by atoms with Gasteiger partial charge in [0.1, 0.15) is 23.1 Å². The van der Waals surface area contributed by atoms with Gasteiger partial charge in [-0.15, -0.1) is 12.6 Å². The van der Waals surface area contributed by atoms with Gasteiger partial charge in [-0.25, -0.2) is 4.98 Å². The molecule has 25 nitrogen and oxygen atoms in total. The van der Waals surface area contributed by atoms with Gasteiger partial charge in [-0.1, -0.05) is 36.4 Å². The molecule has 0 atom stereocenters. The SMILES string of the molecule is O=S(=O)(O)CCCOc1cc(N=Nc2ccccc2)ccc1Cc1nc(Cc2ccc(N=Nc3cccc(S(=O)(=O)O)c3)cc2OCCCS(=O)(=O)O)nc(NCCS(=O)(=O)O)n1.O=S(=O)=O. The molecule has 0 spiro atoms. The second-order valence-corrected chi connectivity index (χ2v) is 20.1. The van der Waals surface area contributed by atoms with E-state index in [-0.39, 0.29) is 85.9 Å². The van der Waals surface area contributed by atoms with E-state index in [1.807, 2.05) is 6.07 Å². The number of nitrogens with one attached hydrogen (secondary N) is 1. The van der Waals surface area contributed by atoms with E-state index in [1.54, 1.807) is 48.5 Å². The third-order valence-corrected chi connectivity index (χ3v) is 11.4. The molecule has 360 valence electrons. The van der Waals surface area contributed by atoms with Crippen molar-refractivity contribution in [2.24, 2.45) is 20.5 Å². The molecular weight excluding hydrogens is 989 g/mol. The maximum absolute atomic E-state index is 11.6. The standard InChI is InChI=1S/C37H40N8O14S4.O3S/c46-60(47,48)18-5-16-58-33-24-30(44-42-28-7-2-1-3-8-28)13-11-26(33)21-35-39-36(41-37(40-35)38-15-20-62(52,53)54)22-27-12-14-31(25-34(27)59-17-6-19-61(49,50)51)45-43-29-9-4-10-32(23-29)63(55,56)57;1-4(2)3/h1-4,7-14,23-25H,5-6,15-22H2,(H,46,47,48)(H,49,50,51)(H,52,53,54)(H,55,56,57)(H,38,39,40,41);. The average Bonchev–Trinajstić information content (AvgIpc) is 3.22. The maximum Gasteiger partial charge on any atom is 0.425 e. The summed E-state index contributed by atoms with van der Waals surface area (Å²) in [5.74, 6) is -1.21. The lowest BCUT2D eigenvalue weighted by Crippen LogP contribution is -2.18. The molecule has 5 aromatic rings. The summed E-state index contributed by atoms with van der Waals surface area (Å²) in [5.41, 5.74) is 2.20. The van der Waals surface area contributed by atoms with Crippen molar-refractivity contribution in [1.82, 2.24) is 15.0 Å². The fourth-order valence-corrected chi connectivity index (χ4v) is 7.23. The average molecular weight is 1030 g/mol. The van der Waals surface area contributed by atoms with Gasteiger partial charge in [0.05, 0.1) is 58.1 Å². The van der Waals surface area contributed by atoms with Crippen LogP contribution in [0.4, 0.5) is 28.7 Å². The molecule has 1 heterocycles. The summed E-state index contributed by atoms with van der Waals surface area (Å²) in [4.78, 5) is 13.1. The predicted octanol–water partition coefficient (Wildman–Crippen LogP) is 4.74. The molecule has 0 unspecified atom stereocenters. The number of azo groups is 2. The fourth-order valence-electron chi connectivity index (χ4n) is 5.39. The smallest absolute Gasteiger partial charge is 0.425 e. The van der Waals surface area contributed by atoms with Crippen LogP contribution in [0.1, 0.15) is 35.6 Å². The molecule has 0 amide bonds. The van der Waals surface area contributed by atoms with Gasteiger partial charge in [0.2, 0.25) is 5.95 Å². The van der Waals surface area contributed by atoms with E-state index >= 15 is 0 Å². The largest absolute Gasteiger partial charge is 0.493 e. The predicted molar refractivity (Wildman–Crippen MR) is 237 cm³/mol. The van der Waals surface area contributed by atoms with Crippen LogP contribution in [0.2, 0.25) is 0 Å². The summed E-state index contributed by atoms with van der Waals surface area (Å²) in [6.07, 6.45) is -0.241. The molecule has 0 radical (unpaired) electrons. The van der Waals surface area contributed by atoms with E-state index in [0.717, 1.165) is 6.07 Å². The van der Waals surface area contributed by atoms with Gasteiger partial charge >= 0.3 is 10.6 Å². The van der Waals surface area contributed by atoms with Crippen molar-refractivity contribution < 1.29 is 74.0 Å². The normalized spacial score (nSPS) is 12.1. The van der Waals surface area contributed by atoms with Gasteiger partial charge in [-0.05, 0) is 55.3 Å². The van der Waals surface area contributed by atoms with Crippen LogP contribution in [0.3, 0.4) is 0 Å². The number of anilines is 1. The van der Waals surface area contributed by atoms with Crippen LogP contribution in [0.25, 0.3) is 0 Å². The minimum atomic E-state index is -4.51. The first-order chi connectivity index (χ1) is 31.4. The Labute approximate surface area is 385 Å². The molecule has 0 saturated heterocycles. The second-order valence-electron chi connectivity index (χ2n) is 13.5. The zero-order chi connectivity index (χ0) is 49.3. The van der Waals surface area contributed by atoms with Crippen LogP contribution < -0.4 is 14.8 Å². The monoisotopic (exact) mass is 1030 g/mol. The first kappa shape index (κ1) is 53.4. The second kappa shape index (κ2) is 24.5. The molecule has 0 aliphatic rings. The molecule has 0 saturated carbocycles. The summed E-state index contributed by atoms with van der Waals surface area (Å²) in [6.45, 7) is -0.584. The lowest BCUT2D eigenvalue weighted by molar-refractivity contribution is 0.313. The number of hydrogen-bond donors (Lipinski definition) is 5. The van der Waals surface area contributed by atoms with E-state index in [9.17, 15) is 51.9 Å². The van der Waals surface area contributed by atoms with Crippen LogP contribution in [-0.4, -0.2) is 116 Å². The van der Waals surface area contributed by atoms with E-state index in [0.29, 0.717) is 22.5 Å². The van der Waals surface area contributed by atoms with Crippen LogP contribution in [0, 0.1) is 0 Å². The molecule has 0 aliphatic carbocycles. The molecule has 5 N–H and O–H groups in total. The third kappa shape index (κ3) is 21.3. The molecule has 5 rings (SSSR count). The number of ether oxygens (including phenoxy) is 2. The molecule has 67 heavy (non-hydrogen) atoms. The maximum atomic E-state index is 11.6.